The summed E-state index contributed by atoms with van der Waals surface area (Å²) < 4.78 is 0. The molecule has 0 aromatic heterocycles. The molecule has 0 saturated heterocycles. The second-order valence-electron chi connectivity index (χ2n) is 5.56. The minimum atomic E-state index is -0.318. The van der Waals surface area contributed by atoms with Crippen molar-refractivity contribution in [3.8, 4) is 0 Å². The highest BCUT2D eigenvalue weighted by Gasteiger charge is 2.21. The SMILES string of the molecule is CC(=O)NC(CC(=O)NC1CCCC1)c1ccc(Cl)cc1. The van der Waals surface area contributed by atoms with Gasteiger partial charge < -0.3 is 10.6 Å². The molecule has 1 aromatic carbocycles. The summed E-state index contributed by atoms with van der Waals surface area (Å²) in [5, 5.41) is 6.51. The summed E-state index contributed by atoms with van der Waals surface area (Å²) in [4.78, 5) is 23.5. The third-order valence-corrected chi connectivity index (χ3v) is 4.01. The zero-order valence-electron chi connectivity index (χ0n) is 12.2. The maximum absolute atomic E-state index is 12.1. The van der Waals surface area contributed by atoms with Crippen LogP contribution in [0, 0.1) is 0 Å². The van der Waals surface area contributed by atoms with Gasteiger partial charge in [-0.25, -0.2) is 0 Å². The van der Waals surface area contributed by atoms with E-state index in [0.29, 0.717) is 11.1 Å². The molecule has 21 heavy (non-hydrogen) atoms. The molecule has 0 heterocycles. The lowest BCUT2D eigenvalue weighted by atomic mass is 10.0. The van der Waals surface area contributed by atoms with E-state index in [-0.39, 0.29) is 24.3 Å². The molecular weight excluding hydrogens is 288 g/mol. The predicted molar refractivity (Wildman–Crippen MR) is 83.0 cm³/mol. The molecule has 5 heteroatoms. The number of carbonyl (C=O) groups is 2. The van der Waals surface area contributed by atoms with Crippen molar-refractivity contribution in [2.75, 3.05) is 0 Å². The zero-order valence-corrected chi connectivity index (χ0v) is 13.0. The average molecular weight is 309 g/mol. The Kier molecular flexibility index (Phi) is 5.62. The van der Waals surface area contributed by atoms with E-state index in [0.717, 1.165) is 18.4 Å². The molecule has 0 bridgehead atoms. The van der Waals surface area contributed by atoms with Crippen molar-refractivity contribution in [2.45, 2.75) is 51.1 Å². The standard InChI is InChI=1S/C16H21ClN2O2/c1-11(20)18-15(12-6-8-13(17)9-7-12)10-16(21)19-14-4-2-3-5-14/h6-9,14-15H,2-5,10H2,1H3,(H,18,20)(H,19,21). The molecular formula is C16H21ClN2O2. The molecule has 2 rings (SSSR count). The lowest BCUT2D eigenvalue weighted by Crippen LogP contribution is -2.36. The lowest BCUT2D eigenvalue weighted by molar-refractivity contribution is -0.123. The van der Waals surface area contributed by atoms with Crippen LogP contribution < -0.4 is 10.6 Å². The Balaban J connectivity index is 1.99. The molecule has 1 fully saturated rings. The Morgan fingerprint density at radius 1 is 1.24 bits per heavy atom. The summed E-state index contributed by atoms with van der Waals surface area (Å²) in [5.74, 6) is -0.167. The Morgan fingerprint density at radius 3 is 2.43 bits per heavy atom. The smallest absolute Gasteiger partial charge is 0.222 e. The Morgan fingerprint density at radius 2 is 1.86 bits per heavy atom. The van der Waals surface area contributed by atoms with E-state index in [2.05, 4.69) is 10.6 Å². The fraction of sp³-hybridized carbons (Fsp3) is 0.500. The van der Waals surface area contributed by atoms with Crippen molar-refractivity contribution in [2.24, 2.45) is 0 Å². The molecule has 1 saturated carbocycles. The number of halogens is 1. The second kappa shape index (κ2) is 7.46. The second-order valence-corrected chi connectivity index (χ2v) is 5.99. The van der Waals surface area contributed by atoms with Crippen molar-refractivity contribution in [1.29, 1.82) is 0 Å². The van der Waals surface area contributed by atoms with E-state index < -0.39 is 0 Å². The first-order valence-corrected chi connectivity index (χ1v) is 7.74. The van der Waals surface area contributed by atoms with E-state index in [1.807, 2.05) is 12.1 Å². The lowest BCUT2D eigenvalue weighted by Gasteiger charge is -2.20. The molecule has 4 nitrogen and oxygen atoms in total. The molecule has 2 N–H and O–H groups in total. The van der Waals surface area contributed by atoms with Gasteiger partial charge in [0.2, 0.25) is 11.8 Å². The monoisotopic (exact) mass is 308 g/mol. The van der Waals surface area contributed by atoms with Gasteiger partial charge in [0, 0.05) is 18.0 Å². The fourth-order valence-corrected chi connectivity index (χ4v) is 2.86. The van der Waals surface area contributed by atoms with Gasteiger partial charge in [0.15, 0.2) is 0 Å². The van der Waals surface area contributed by atoms with Crippen LogP contribution in [0.3, 0.4) is 0 Å². The van der Waals surface area contributed by atoms with Gasteiger partial charge in [0.25, 0.3) is 0 Å². The van der Waals surface area contributed by atoms with Crippen molar-refractivity contribution in [3.63, 3.8) is 0 Å². The van der Waals surface area contributed by atoms with Crippen molar-refractivity contribution in [1.82, 2.24) is 10.6 Å². The van der Waals surface area contributed by atoms with Gasteiger partial charge in [-0.1, -0.05) is 36.6 Å². The largest absolute Gasteiger partial charge is 0.353 e. The van der Waals surface area contributed by atoms with Crippen LogP contribution in [-0.2, 0) is 9.59 Å². The maximum atomic E-state index is 12.1. The first-order valence-electron chi connectivity index (χ1n) is 7.36. The van der Waals surface area contributed by atoms with Gasteiger partial charge in [-0.3, -0.25) is 9.59 Å². The third kappa shape index (κ3) is 5.05. The highest BCUT2D eigenvalue weighted by Crippen LogP contribution is 2.21. The van der Waals surface area contributed by atoms with Gasteiger partial charge in [0.1, 0.15) is 0 Å². The molecule has 0 radical (unpaired) electrons. The summed E-state index contributed by atoms with van der Waals surface area (Å²) in [6, 6.07) is 7.18. The van der Waals surface area contributed by atoms with E-state index >= 15 is 0 Å². The average Bonchev–Trinajstić information content (AvgIpc) is 2.91. The zero-order chi connectivity index (χ0) is 15.2. The van der Waals surface area contributed by atoms with Crippen LogP contribution in [-0.4, -0.2) is 17.9 Å². The number of amides is 2. The van der Waals surface area contributed by atoms with E-state index in [1.165, 1.54) is 19.8 Å². The van der Waals surface area contributed by atoms with Crippen LogP contribution in [0.1, 0.15) is 50.6 Å². The minimum absolute atomic E-state index is 0.0180. The van der Waals surface area contributed by atoms with Gasteiger partial charge >= 0.3 is 0 Å². The number of nitrogens with one attached hydrogen (secondary N) is 2. The van der Waals surface area contributed by atoms with Crippen LogP contribution in [0.5, 0.6) is 0 Å². The van der Waals surface area contributed by atoms with E-state index in [1.54, 1.807) is 12.1 Å². The number of rotatable bonds is 5. The predicted octanol–water partition coefficient (Wildman–Crippen LogP) is 2.97. The molecule has 114 valence electrons. The van der Waals surface area contributed by atoms with Gasteiger partial charge in [-0.15, -0.1) is 0 Å². The summed E-state index contributed by atoms with van der Waals surface area (Å²) in [6.07, 6.45) is 4.71. The van der Waals surface area contributed by atoms with Crippen molar-refractivity contribution < 1.29 is 9.59 Å². The number of hydrogen-bond acceptors (Lipinski definition) is 2. The van der Waals surface area contributed by atoms with Crippen molar-refractivity contribution >= 4 is 23.4 Å². The molecule has 1 unspecified atom stereocenters. The molecule has 1 aromatic rings. The van der Waals surface area contributed by atoms with E-state index in [9.17, 15) is 9.59 Å². The van der Waals surface area contributed by atoms with Gasteiger partial charge in [-0.2, -0.15) is 0 Å². The molecule has 0 spiro atoms. The van der Waals surface area contributed by atoms with Gasteiger partial charge in [-0.05, 0) is 30.5 Å². The van der Waals surface area contributed by atoms with Crippen LogP contribution >= 0.6 is 11.6 Å². The maximum Gasteiger partial charge on any atom is 0.222 e. The molecule has 0 aliphatic heterocycles. The Hall–Kier alpha value is -1.55. The summed E-state index contributed by atoms with van der Waals surface area (Å²) in [6.45, 7) is 1.46. The van der Waals surface area contributed by atoms with Gasteiger partial charge in [0.05, 0.1) is 12.5 Å². The normalized spacial score (nSPS) is 16.5. The van der Waals surface area contributed by atoms with Crippen molar-refractivity contribution in [3.05, 3.63) is 34.9 Å². The first-order chi connectivity index (χ1) is 10.0. The fourth-order valence-electron chi connectivity index (χ4n) is 2.73. The van der Waals surface area contributed by atoms with Crippen LogP contribution in [0.15, 0.2) is 24.3 Å². The third-order valence-electron chi connectivity index (χ3n) is 3.76. The Labute approximate surface area is 130 Å². The number of hydrogen-bond donors (Lipinski definition) is 2. The minimum Gasteiger partial charge on any atom is -0.353 e. The first kappa shape index (κ1) is 15.8. The molecule has 1 aliphatic rings. The Bertz CT molecular complexity index is 496. The highest BCUT2D eigenvalue weighted by molar-refractivity contribution is 6.30. The summed E-state index contributed by atoms with van der Waals surface area (Å²) >= 11 is 5.87. The summed E-state index contributed by atoms with van der Waals surface area (Å²) in [7, 11) is 0. The summed E-state index contributed by atoms with van der Waals surface area (Å²) in [5.41, 5.74) is 0.885. The van der Waals surface area contributed by atoms with Crippen LogP contribution in [0.2, 0.25) is 5.02 Å². The quantitative estimate of drug-likeness (QED) is 0.878. The molecule has 1 atom stereocenters. The van der Waals surface area contributed by atoms with E-state index in [4.69, 9.17) is 11.6 Å². The van der Waals surface area contributed by atoms with Crippen LogP contribution in [0.4, 0.5) is 0 Å². The highest BCUT2D eigenvalue weighted by atomic mass is 35.5. The number of benzene rings is 1. The molecule has 1 aliphatic carbocycles. The number of carbonyl (C=O) groups excluding carboxylic acids is 2. The topological polar surface area (TPSA) is 58.2 Å². The van der Waals surface area contributed by atoms with Crippen LogP contribution in [0.25, 0.3) is 0 Å². The molecule has 2 amide bonds.